The lowest BCUT2D eigenvalue weighted by atomic mass is 10.2. The molecule has 0 fully saturated rings. The minimum atomic E-state index is -4.17. The number of nitrogens with zero attached hydrogens (tertiary/aromatic N) is 1. The summed E-state index contributed by atoms with van der Waals surface area (Å²) >= 11 is 12.1. The molecule has 0 spiro atoms. The van der Waals surface area contributed by atoms with Crippen LogP contribution < -0.4 is 20.4 Å². The molecule has 0 saturated carbocycles. The quantitative estimate of drug-likeness (QED) is 0.477. The van der Waals surface area contributed by atoms with Gasteiger partial charge < -0.3 is 15.9 Å². The fourth-order valence-electron chi connectivity index (χ4n) is 2.59. The van der Waals surface area contributed by atoms with Crippen molar-refractivity contribution in [1.82, 2.24) is 5.32 Å². The minimum Gasteiger partial charge on any atom is -0.363 e. The van der Waals surface area contributed by atoms with Crippen molar-refractivity contribution in [2.45, 2.75) is 4.90 Å². The number of hydrogen-bond donors (Lipinski definition) is 2. The van der Waals surface area contributed by atoms with Gasteiger partial charge in [0.2, 0.25) is 0 Å². The highest BCUT2D eigenvalue weighted by Crippen LogP contribution is 2.32. The third-order valence-electron chi connectivity index (χ3n) is 4.10. The number of benzene rings is 3. The van der Waals surface area contributed by atoms with E-state index in [1.54, 1.807) is 30.3 Å². The average molecular weight is 480 g/mol. The van der Waals surface area contributed by atoms with Gasteiger partial charge in [-0.3, -0.25) is 4.79 Å². The van der Waals surface area contributed by atoms with Gasteiger partial charge in [0.05, 0.1) is 15.6 Å². The maximum absolute atomic E-state index is 13.4. The van der Waals surface area contributed by atoms with E-state index in [9.17, 15) is 13.2 Å². The zero-order valence-electron chi connectivity index (χ0n) is 16.2. The van der Waals surface area contributed by atoms with Gasteiger partial charge in [-0.05, 0) is 54.6 Å². The van der Waals surface area contributed by atoms with Gasteiger partial charge in [-0.2, -0.15) is 8.42 Å². The summed E-state index contributed by atoms with van der Waals surface area (Å²) in [5.41, 5.74) is 5.94. The smallest absolute Gasteiger partial charge is 0.295 e. The van der Waals surface area contributed by atoms with Crippen LogP contribution in [0, 0.1) is 0 Å². The molecule has 3 aromatic carbocycles. The summed E-state index contributed by atoms with van der Waals surface area (Å²) in [5, 5.41) is 3.16. The van der Waals surface area contributed by atoms with Crippen LogP contribution in [0.15, 0.2) is 77.7 Å². The molecule has 3 N–H and O–H groups in total. The van der Waals surface area contributed by atoms with Crippen molar-refractivity contribution in [3.8, 4) is 5.75 Å². The molecule has 0 aliphatic heterocycles. The predicted molar refractivity (Wildman–Crippen MR) is 121 cm³/mol. The molecule has 0 unspecified atom stereocenters. The maximum Gasteiger partial charge on any atom is 0.295 e. The third-order valence-corrected chi connectivity index (χ3v) is 6.23. The number of nitrogens with two attached hydrogens (primary N) is 1. The molecule has 0 aliphatic rings. The van der Waals surface area contributed by atoms with E-state index in [1.165, 1.54) is 42.5 Å². The standard InChI is InChI=1S/C21H19Cl2N3O4S/c22-16-8-11-20(19(23)14-16)30-26(17-4-2-1-3-5-17)31(28,29)18-9-6-15(7-10-18)21(27)25-13-12-24/h1-11,14H,12-13,24H2,(H,25,27). The molecule has 3 rings (SSSR count). The van der Waals surface area contributed by atoms with Crippen LogP contribution in [-0.4, -0.2) is 27.4 Å². The number of nitrogens with one attached hydrogen (secondary N) is 1. The van der Waals surface area contributed by atoms with Crippen molar-refractivity contribution >= 4 is 44.8 Å². The highest BCUT2D eigenvalue weighted by Gasteiger charge is 2.28. The van der Waals surface area contributed by atoms with Crippen molar-refractivity contribution in [3.63, 3.8) is 0 Å². The normalized spacial score (nSPS) is 11.1. The fraction of sp³-hybridized carbons (Fsp3) is 0.0952. The maximum atomic E-state index is 13.4. The van der Waals surface area contributed by atoms with E-state index in [0.29, 0.717) is 23.7 Å². The van der Waals surface area contributed by atoms with Gasteiger partial charge in [-0.25, -0.2) is 0 Å². The van der Waals surface area contributed by atoms with Gasteiger partial charge in [-0.1, -0.05) is 45.9 Å². The van der Waals surface area contributed by atoms with E-state index in [4.69, 9.17) is 33.8 Å². The number of amides is 1. The molecule has 10 heteroatoms. The van der Waals surface area contributed by atoms with Crippen LogP contribution in [0.25, 0.3) is 0 Å². The molecule has 0 saturated heterocycles. The van der Waals surface area contributed by atoms with Crippen LogP contribution in [0.3, 0.4) is 0 Å². The fourth-order valence-corrected chi connectivity index (χ4v) is 4.28. The summed E-state index contributed by atoms with van der Waals surface area (Å²) < 4.78 is 27.5. The topological polar surface area (TPSA) is 102 Å². The summed E-state index contributed by atoms with van der Waals surface area (Å²) in [5.74, 6) is -0.241. The van der Waals surface area contributed by atoms with Crippen molar-refractivity contribution in [1.29, 1.82) is 0 Å². The monoisotopic (exact) mass is 479 g/mol. The Morgan fingerprint density at radius 2 is 1.68 bits per heavy atom. The SMILES string of the molecule is NCCNC(=O)c1ccc(S(=O)(=O)N(Oc2ccc(Cl)cc2Cl)c2ccccc2)cc1. The molecular weight excluding hydrogens is 461 g/mol. The number of carbonyl (C=O) groups is 1. The molecule has 0 aliphatic carbocycles. The summed E-state index contributed by atoms with van der Waals surface area (Å²) in [4.78, 5) is 17.7. The van der Waals surface area contributed by atoms with Gasteiger partial charge in [0.15, 0.2) is 5.75 Å². The van der Waals surface area contributed by atoms with E-state index >= 15 is 0 Å². The van der Waals surface area contributed by atoms with Crippen LogP contribution in [0.1, 0.15) is 10.4 Å². The Kier molecular flexibility index (Phi) is 7.40. The molecule has 0 atom stereocenters. The van der Waals surface area contributed by atoms with E-state index < -0.39 is 10.0 Å². The second-order valence-electron chi connectivity index (χ2n) is 6.30. The Hall–Kier alpha value is -2.78. The van der Waals surface area contributed by atoms with Gasteiger partial charge >= 0.3 is 0 Å². The second-order valence-corrected chi connectivity index (χ2v) is 8.90. The lowest BCUT2D eigenvalue weighted by molar-refractivity contribution is 0.0954. The summed E-state index contributed by atoms with van der Waals surface area (Å²) in [6.45, 7) is 0.616. The first-order valence-corrected chi connectivity index (χ1v) is 11.3. The molecule has 0 aromatic heterocycles. The molecular formula is C21H19Cl2N3O4S. The lowest BCUT2D eigenvalue weighted by Crippen LogP contribution is -2.34. The molecule has 31 heavy (non-hydrogen) atoms. The highest BCUT2D eigenvalue weighted by molar-refractivity contribution is 7.92. The van der Waals surface area contributed by atoms with Gasteiger partial charge in [0, 0.05) is 23.7 Å². The Balaban J connectivity index is 1.97. The van der Waals surface area contributed by atoms with Crippen LogP contribution in [0.2, 0.25) is 10.0 Å². The Labute approximate surface area is 190 Å². The van der Waals surface area contributed by atoms with Gasteiger partial charge in [-0.15, -0.1) is 0 Å². The van der Waals surface area contributed by atoms with Crippen LogP contribution in [0.4, 0.5) is 5.69 Å². The predicted octanol–water partition coefficient (Wildman–Crippen LogP) is 3.87. The molecule has 0 heterocycles. The van der Waals surface area contributed by atoms with Crippen molar-refractivity contribution < 1.29 is 18.0 Å². The lowest BCUT2D eigenvalue weighted by Gasteiger charge is -2.24. The number of rotatable bonds is 8. The van der Waals surface area contributed by atoms with Crippen molar-refractivity contribution in [2.24, 2.45) is 5.73 Å². The zero-order valence-corrected chi connectivity index (χ0v) is 18.5. The Bertz CT molecular complexity index is 1160. The Morgan fingerprint density at radius 1 is 1.00 bits per heavy atom. The highest BCUT2D eigenvalue weighted by atomic mass is 35.5. The minimum absolute atomic E-state index is 0.0724. The zero-order chi connectivity index (χ0) is 22.4. The molecule has 0 bridgehead atoms. The number of para-hydroxylation sites is 1. The third kappa shape index (κ3) is 5.48. The number of halogens is 2. The molecule has 162 valence electrons. The molecule has 7 nitrogen and oxygen atoms in total. The number of hydrogen-bond acceptors (Lipinski definition) is 5. The van der Waals surface area contributed by atoms with Gasteiger partial charge in [0.25, 0.3) is 15.9 Å². The van der Waals surface area contributed by atoms with Crippen LogP contribution in [0.5, 0.6) is 5.75 Å². The van der Waals surface area contributed by atoms with E-state index in [1.807, 2.05) is 0 Å². The first-order valence-electron chi connectivity index (χ1n) is 9.14. The average Bonchev–Trinajstić information content (AvgIpc) is 2.77. The van der Waals surface area contributed by atoms with Crippen LogP contribution >= 0.6 is 23.2 Å². The van der Waals surface area contributed by atoms with E-state index in [2.05, 4.69) is 5.32 Å². The first-order chi connectivity index (χ1) is 14.8. The largest absolute Gasteiger partial charge is 0.363 e. The molecule has 1 amide bonds. The van der Waals surface area contributed by atoms with Gasteiger partial charge in [0.1, 0.15) is 0 Å². The molecule has 3 aromatic rings. The van der Waals surface area contributed by atoms with Crippen molar-refractivity contribution in [3.05, 3.63) is 88.4 Å². The Morgan fingerprint density at radius 3 is 2.29 bits per heavy atom. The summed E-state index contributed by atoms with van der Waals surface area (Å²) in [7, 11) is -4.17. The van der Waals surface area contributed by atoms with E-state index in [0.717, 1.165) is 4.47 Å². The summed E-state index contributed by atoms with van der Waals surface area (Å²) in [6, 6.07) is 18.2. The first kappa shape index (κ1) is 22.9. The summed E-state index contributed by atoms with van der Waals surface area (Å²) in [6.07, 6.45) is 0. The molecule has 0 radical (unpaired) electrons. The van der Waals surface area contributed by atoms with E-state index in [-0.39, 0.29) is 27.3 Å². The number of carbonyl (C=O) groups excluding carboxylic acids is 1. The number of sulfonamides is 1. The number of anilines is 1. The second kappa shape index (κ2) is 10.0. The van der Waals surface area contributed by atoms with Crippen LogP contribution in [-0.2, 0) is 10.0 Å². The van der Waals surface area contributed by atoms with Crippen molar-refractivity contribution in [2.75, 3.05) is 17.6 Å².